The number of rotatable bonds is 5. The van der Waals surface area contributed by atoms with Crippen molar-refractivity contribution < 1.29 is 4.79 Å². The molecule has 1 heterocycles. The maximum absolute atomic E-state index is 12.0. The average Bonchev–Trinajstić information content (AvgIpc) is 3.06. The lowest BCUT2D eigenvalue weighted by molar-refractivity contribution is 0.251. The molecular weight excluding hydrogens is 371 g/mol. The van der Waals surface area contributed by atoms with Gasteiger partial charge < -0.3 is 15.5 Å². The van der Waals surface area contributed by atoms with E-state index in [1.165, 1.54) is 0 Å². The number of hydrogen-bond donors (Lipinski definition) is 2. The molecule has 138 valence electrons. The molecule has 2 aromatic rings. The monoisotopic (exact) mass is 392 g/mol. The van der Waals surface area contributed by atoms with E-state index in [2.05, 4.69) is 20.5 Å². The van der Waals surface area contributed by atoms with E-state index in [0.29, 0.717) is 18.1 Å². The maximum atomic E-state index is 12.0. The van der Waals surface area contributed by atoms with E-state index in [-0.39, 0.29) is 18.4 Å². The van der Waals surface area contributed by atoms with Crippen LogP contribution >= 0.6 is 24.0 Å². The molecule has 5 nitrogen and oxygen atoms in total. The summed E-state index contributed by atoms with van der Waals surface area (Å²) in [5.74, 6) is 0.895. The topological polar surface area (TPSA) is 56.7 Å². The molecule has 0 radical (unpaired) electrons. The third kappa shape index (κ3) is 5.13. The summed E-state index contributed by atoms with van der Waals surface area (Å²) >= 11 is 6.27. The smallest absolute Gasteiger partial charge is 0.319 e. The Balaban J connectivity index is 0.00000243. The van der Waals surface area contributed by atoms with E-state index in [1.807, 2.05) is 55.5 Å². The minimum absolute atomic E-state index is 0. The summed E-state index contributed by atoms with van der Waals surface area (Å²) in [6, 6.07) is 15.2. The van der Waals surface area contributed by atoms with Crippen LogP contribution in [0, 0.1) is 6.92 Å². The lowest BCUT2D eigenvalue weighted by atomic mass is 10.2. The zero-order valence-corrected chi connectivity index (χ0v) is 16.1. The quantitative estimate of drug-likeness (QED) is 0.808. The molecule has 1 aliphatic heterocycles. The summed E-state index contributed by atoms with van der Waals surface area (Å²) in [7, 11) is 0. The second kappa shape index (κ2) is 9.46. The van der Waals surface area contributed by atoms with E-state index in [9.17, 15) is 4.79 Å². The summed E-state index contributed by atoms with van der Waals surface area (Å²) in [4.78, 5) is 18.7. The highest BCUT2D eigenvalue weighted by Gasteiger charge is 2.20. The number of carbonyl (C=O) groups is 1. The van der Waals surface area contributed by atoms with Gasteiger partial charge in [-0.05, 0) is 31.2 Å². The van der Waals surface area contributed by atoms with Crippen molar-refractivity contribution in [3.8, 4) is 0 Å². The number of aliphatic imine (C=N–C) groups is 1. The first-order valence-corrected chi connectivity index (χ1v) is 8.67. The van der Waals surface area contributed by atoms with Crippen LogP contribution in [0.4, 0.5) is 10.5 Å². The Morgan fingerprint density at radius 1 is 1.19 bits per heavy atom. The van der Waals surface area contributed by atoms with Gasteiger partial charge in [0.05, 0.1) is 11.6 Å². The molecule has 0 saturated carbocycles. The lowest BCUT2D eigenvalue weighted by Crippen LogP contribution is -2.38. The number of anilines is 1. The van der Waals surface area contributed by atoms with Gasteiger partial charge in [-0.15, -0.1) is 12.4 Å². The van der Waals surface area contributed by atoms with Crippen molar-refractivity contribution in [2.75, 3.05) is 31.5 Å². The van der Waals surface area contributed by atoms with Gasteiger partial charge in [0.2, 0.25) is 0 Å². The summed E-state index contributed by atoms with van der Waals surface area (Å²) < 4.78 is 0. The van der Waals surface area contributed by atoms with Crippen LogP contribution in [0.5, 0.6) is 0 Å². The van der Waals surface area contributed by atoms with E-state index >= 15 is 0 Å². The number of amides is 2. The summed E-state index contributed by atoms with van der Waals surface area (Å²) in [6.07, 6.45) is 0. The predicted octanol–water partition coefficient (Wildman–Crippen LogP) is 3.95. The average molecular weight is 393 g/mol. The molecule has 2 aromatic carbocycles. The van der Waals surface area contributed by atoms with E-state index < -0.39 is 0 Å². The minimum atomic E-state index is -0.209. The molecule has 7 heteroatoms. The van der Waals surface area contributed by atoms with Gasteiger partial charge in [-0.3, -0.25) is 4.99 Å². The number of aryl methyl sites for hydroxylation is 1. The highest BCUT2D eigenvalue weighted by Crippen LogP contribution is 2.19. The largest absolute Gasteiger partial charge is 0.353 e. The van der Waals surface area contributed by atoms with Gasteiger partial charge in [0.25, 0.3) is 0 Å². The molecule has 0 aromatic heterocycles. The first-order chi connectivity index (χ1) is 12.1. The first-order valence-electron chi connectivity index (χ1n) is 8.29. The van der Waals surface area contributed by atoms with Crippen LogP contribution in [-0.4, -0.2) is 42.9 Å². The van der Waals surface area contributed by atoms with Gasteiger partial charge >= 0.3 is 6.03 Å². The number of nitrogens with zero attached hydrogens (tertiary/aromatic N) is 2. The van der Waals surface area contributed by atoms with E-state index in [1.54, 1.807) is 0 Å². The number of benzene rings is 2. The highest BCUT2D eigenvalue weighted by molar-refractivity contribution is 6.34. The van der Waals surface area contributed by atoms with Crippen molar-refractivity contribution in [2.45, 2.75) is 6.92 Å². The minimum Gasteiger partial charge on any atom is -0.353 e. The van der Waals surface area contributed by atoms with E-state index in [4.69, 9.17) is 11.6 Å². The van der Waals surface area contributed by atoms with Gasteiger partial charge in [0, 0.05) is 30.9 Å². The predicted molar refractivity (Wildman–Crippen MR) is 110 cm³/mol. The fourth-order valence-corrected chi connectivity index (χ4v) is 2.94. The van der Waals surface area contributed by atoms with Crippen LogP contribution < -0.4 is 10.6 Å². The number of nitrogens with one attached hydrogen (secondary N) is 2. The van der Waals surface area contributed by atoms with Crippen LogP contribution in [0.2, 0.25) is 5.02 Å². The van der Waals surface area contributed by atoms with Crippen molar-refractivity contribution in [2.24, 2.45) is 4.99 Å². The number of carbonyl (C=O) groups excluding carboxylic acids is 1. The first kappa shape index (κ1) is 20.1. The Bertz CT molecular complexity index is 777. The molecule has 1 aliphatic rings. The molecule has 2 amide bonds. The van der Waals surface area contributed by atoms with Crippen LogP contribution in [0.1, 0.15) is 11.1 Å². The molecule has 3 rings (SSSR count). The van der Waals surface area contributed by atoms with Gasteiger partial charge in [-0.1, -0.05) is 41.4 Å². The molecule has 0 saturated heterocycles. The molecule has 0 atom stereocenters. The molecule has 0 spiro atoms. The summed E-state index contributed by atoms with van der Waals surface area (Å²) in [5.41, 5.74) is 2.87. The maximum Gasteiger partial charge on any atom is 0.319 e. The molecule has 26 heavy (non-hydrogen) atoms. The Labute approximate surface area is 164 Å². The van der Waals surface area contributed by atoms with Crippen molar-refractivity contribution in [3.63, 3.8) is 0 Å². The van der Waals surface area contributed by atoms with Crippen molar-refractivity contribution >= 4 is 41.6 Å². The van der Waals surface area contributed by atoms with Crippen molar-refractivity contribution in [1.82, 2.24) is 10.2 Å². The zero-order chi connectivity index (χ0) is 17.6. The molecule has 2 N–H and O–H groups in total. The molecule has 0 aliphatic carbocycles. The molecule has 0 bridgehead atoms. The number of halogens is 2. The van der Waals surface area contributed by atoms with Gasteiger partial charge in [-0.25, -0.2) is 4.79 Å². The Morgan fingerprint density at radius 2 is 1.92 bits per heavy atom. The van der Waals surface area contributed by atoms with Gasteiger partial charge in [0.15, 0.2) is 0 Å². The second-order valence-corrected chi connectivity index (χ2v) is 6.33. The number of amidine groups is 1. The number of urea groups is 1. The van der Waals surface area contributed by atoms with Gasteiger partial charge in [0.1, 0.15) is 5.84 Å². The lowest BCUT2D eigenvalue weighted by Gasteiger charge is -2.21. The highest BCUT2D eigenvalue weighted by atomic mass is 35.5. The SMILES string of the molecule is Cc1ccc(NC(=O)NCCN2CCN=C2c2ccccc2Cl)cc1.Cl. The molecule has 0 unspecified atom stereocenters. The Hall–Kier alpha value is -2.24. The fourth-order valence-electron chi connectivity index (χ4n) is 2.71. The molecule has 0 fully saturated rings. The van der Waals surface area contributed by atoms with Crippen molar-refractivity contribution in [1.29, 1.82) is 0 Å². The second-order valence-electron chi connectivity index (χ2n) is 5.92. The third-order valence-electron chi connectivity index (χ3n) is 4.02. The summed E-state index contributed by atoms with van der Waals surface area (Å²) in [6.45, 7) is 4.81. The standard InChI is InChI=1S/C19H21ClN4O.ClH/c1-14-6-8-15(9-7-14)23-19(25)22-11-13-24-12-10-21-18(24)16-4-2-3-5-17(16)20;/h2-9H,10-13H2,1H3,(H2,22,23,25);1H. The Morgan fingerprint density at radius 3 is 2.65 bits per heavy atom. The summed E-state index contributed by atoms with van der Waals surface area (Å²) in [5, 5.41) is 6.40. The van der Waals surface area contributed by atoms with Crippen LogP contribution in [0.15, 0.2) is 53.5 Å². The normalized spacial score (nSPS) is 13.0. The zero-order valence-electron chi connectivity index (χ0n) is 14.5. The van der Waals surface area contributed by atoms with Crippen LogP contribution in [0.25, 0.3) is 0 Å². The number of hydrogen-bond acceptors (Lipinski definition) is 3. The van der Waals surface area contributed by atoms with E-state index in [0.717, 1.165) is 35.7 Å². The van der Waals surface area contributed by atoms with Crippen molar-refractivity contribution in [3.05, 3.63) is 64.7 Å². The fraction of sp³-hybridized carbons (Fsp3) is 0.263. The van der Waals surface area contributed by atoms with Crippen LogP contribution in [0.3, 0.4) is 0 Å². The molecular formula is C19H22Cl2N4O. The third-order valence-corrected chi connectivity index (χ3v) is 4.35. The van der Waals surface area contributed by atoms with Gasteiger partial charge in [-0.2, -0.15) is 0 Å². The van der Waals surface area contributed by atoms with Crippen LogP contribution in [-0.2, 0) is 0 Å². The Kier molecular flexibility index (Phi) is 7.30.